The van der Waals surface area contributed by atoms with Crippen molar-refractivity contribution in [3.05, 3.63) is 22.2 Å². The maximum atomic E-state index is 11.9. The highest BCUT2D eigenvalue weighted by Crippen LogP contribution is 2.32. The molecule has 1 amide bonds. The molecule has 0 radical (unpaired) electrons. The van der Waals surface area contributed by atoms with Gasteiger partial charge >= 0.3 is 0 Å². The first-order chi connectivity index (χ1) is 11.8. The average molecular weight is 377 g/mol. The molecule has 0 saturated heterocycles. The van der Waals surface area contributed by atoms with Gasteiger partial charge in [-0.05, 0) is 40.0 Å². The molecule has 1 rings (SSSR count). The number of aryl methyl sites for hydroxylation is 1. The molecular formula is C16H25BrN2O3. The first-order valence-corrected chi connectivity index (χ1v) is 7.52. The molecule has 0 heterocycles. The highest BCUT2D eigenvalue weighted by molar-refractivity contribution is 9.10. The number of hydrogen-bond acceptors (Lipinski definition) is 4. The highest BCUT2D eigenvalue weighted by atomic mass is 79.9. The lowest BCUT2D eigenvalue weighted by molar-refractivity contribution is -0.128. The first kappa shape index (κ1) is 13.2. The van der Waals surface area contributed by atoms with Crippen molar-refractivity contribution in [1.29, 1.82) is 0 Å². The molecule has 0 saturated carbocycles. The fraction of sp³-hybridized carbons (Fsp3) is 0.562. The zero-order chi connectivity index (χ0) is 20.3. The number of halogens is 1. The third-order valence-corrected chi connectivity index (χ3v) is 3.40. The summed E-state index contributed by atoms with van der Waals surface area (Å²) in [4.78, 5) is 11.9. The van der Waals surface area contributed by atoms with Crippen LogP contribution in [0.15, 0.2) is 16.6 Å². The van der Waals surface area contributed by atoms with Gasteiger partial charge in [0.15, 0.2) is 0 Å². The zero-order valence-electron chi connectivity index (χ0n) is 17.5. The van der Waals surface area contributed by atoms with Crippen molar-refractivity contribution in [2.45, 2.75) is 27.1 Å². The second-order valence-electron chi connectivity index (χ2n) is 5.55. The van der Waals surface area contributed by atoms with Crippen molar-refractivity contribution in [1.82, 2.24) is 10.6 Å². The summed E-state index contributed by atoms with van der Waals surface area (Å²) < 4.78 is 43.9. The Kier molecular flexibility index (Phi) is 5.03. The minimum Gasteiger partial charge on any atom is -0.496 e. The van der Waals surface area contributed by atoms with E-state index in [9.17, 15) is 4.79 Å². The molecule has 0 aliphatic rings. The predicted molar refractivity (Wildman–Crippen MR) is 91.4 cm³/mol. The molecule has 6 heteroatoms. The number of methoxy groups -OCH3 is 2. The van der Waals surface area contributed by atoms with Gasteiger partial charge in [-0.15, -0.1) is 0 Å². The Hall–Kier alpha value is -1.27. The Labute approximate surface area is 146 Å². The molecule has 0 aliphatic heterocycles. The fourth-order valence-corrected chi connectivity index (χ4v) is 1.99. The lowest BCUT2D eigenvalue weighted by Gasteiger charge is -2.18. The Morgan fingerprint density at radius 2 is 1.91 bits per heavy atom. The van der Waals surface area contributed by atoms with Crippen LogP contribution in [-0.2, 0) is 11.2 Å². The molecule has 5 nitrogen and oxygen atoms in total. The SMILES string of the molecule is [2H]C([2H])(NCNC(=O)C(C)(C)C)C([2H])([2H])c1cc(OC)c(Br)cc1OC. The largest absolute Gasteiger partial charge is 0.496 e. The molecule has 0 aromatic heterocycles. The van der Waals surface area contributed by atoms with Gasteiger partial charge < -0.3 is 14.8 Å². The summed E-state index contributed by atoms with van der Waals surface area (Å²) in [5.74, 6) is 0.248. The molecule has 0 unspecified atom stereocenters. The summed E-state index contributed by atoms with van der Waals surface area (Å²) in [5.41, 5.74) is -0.643. The van der Waals surface area contributed by atoms with Crippen LogP contribution in [0, 0.1) is 5.41 Å². The van der Waals surface area contributed by atoms with E-state index in [-0.39, 0.29) is 23.9 Å². The van der Waals surface area contributed by atoms with Crippen molar-refractivity contribution >= 4 is 21.8 Å². The van der Waals surface area contributed by atoms with Crippen molar-refractivity contribution in [3.63, 3.8) is 0 Å². The van der Waals surface area contributed by atoms with Gasteiger partial charge in [0.2, 0.25) is 5.91 Å². The van der Waals surface area contributed by atoms with E-state index >= 15 is 0 Å². The molecule has 0 spiro atoms. The lowest BCUT2D eigenvalue weighted by atomic mass is 9.96. The molecule has 1 aromatic rings. The smallest absolute Gasteiger partial charge is 0.226 e. The van der Waals surface area contributed by atoms with Gasteiger partial charge in [-0.25, -0.2) is 0 Å². The van der Waals surface area contributed by atoms with Crippen LogP contribution in [0.25, 0.3) is 0 Å². The van der Waals surface area contributed by atoms with Crippen LogP contribution < -0.4 is 20.1 Å². The number of carbonyl (C=O) groups excluding carboxylic acids is 1. The summed E-state index contributed by atoms with van der Waals surface area (Å²) >= 11 is 3.29. The summed E-state index contributed by atoms with van der Waals surface area (Å²) in [7, 11) is 2.81. The topological polar surface area (TPSA) is 59.6 Å². The van der Waals surface area contributed by atoms with Crippen LogP contribution in [0.5, 0.6) is 11.5 Å². The van der Waals surface area contributed by atoms with E-state index in [2.05, 4.69) is 26.6 Å². The van der Waals surface area contributed by atoms with E-state index in [4.69, 9.17) is 15.0 Å². The lowest BCUT2D eigenvalue weighted by Crippen LogP contribution is -2.40. The number of benzene rings is 1. The number of ether oxygens (including phenoxy) is 2. The molecule has 22 heavy (non-hydrogen) atoms. The Balaban J connectivity index is 3.09. The van der Waals surface area contributed by atoms with Gasteiger partial charge in [0.05, 0.1) is 25.4 Å². The van der Waals surface area contributed by atoms with Crippen LogP contribution >= 0.6 is 15.9 Å². The Morgan fingerprint density at radius 3 is 2.45 bits per heavy atom. The summed E-state index contributed by atoms with van der Waals surface area (Å²) in [5, 5.41) is 4.96. The van der Waals surface area contributed by atoms with E-state index in [0.717, 1.165) is 0 Å². The molecular weight excluding hydrogens is 348 g/mol. The number of rotatable bonds is 7. The number of amides is 1. The molecule has 1 aromatic carbocycles. The molecule has 0 bridgehead atoms. The summed E-state index contributed by atoms with van der Waals surface area (Å²) in [6.07, 6.45) is -2.47. The van der Waals surface area contributed by atoms with Crippen molar-refractivity contribution in [3.8, 4) is 11.5 Å². The minimum absolute atomic E-state index is 0.0142. The summed E-state index contributed by atoms with van der Waals surface area (Å²) in [6.45, 7) is 2.47. The van der Waals surface area contributed by atoms with Gasteiger partial charge in [-0.1, -0.05) is 20.8 Å². The minimum atomic E-state index is -2.50. The van der Waals surface area contributed by atoms with Crippen LogP contribution in [0.1, 0.15) is 31.8 Å². The van der Waals surface area contributed by atoms with Gasteiger partial charge in [-0.2, -0.15) is 0 Å². The second-order valence-corrected chi connectivity index (χ2v) is 6.40. The van der Waals surface area contributed by atoms with Gasteiger partial charge in [-0.3, -0.25) is 10.1 Å². The highest BCUT2D eigenvalue weighted by Gasteiger charge is 2.20. The van der Waals surface area contributed by atoms with Crippen LogP contribution in [0.2, 0.25) is 0 Å². The third kappa shape index (κ3) is 5.50. The van der Waals surface area contributed by atoms with E-state index in [1.807, 2.05) is 0 Å². The fourth-order valence-electron chi connectivity index (χ4n) is 1.50. The monoisotopic (exact) mass is 376 g/mol. The number of hydrogen-bond donors (Lipinski definition) is 2. The van der Waals surface area contributed by atoms with Gasteiger partial charge in [0.25, 0.3) is 0 Å². The first-order valence-electron chi connectivity index (χ1n) is 8.73. The van der Waals surface area contributed by atoms with Crippen molar-refractivity contribution < 1.29 is 19.8 Å². The quantitative estimate of drug-likeness (QED) is 0.718. The second kappa shape index (κ2) is 8.39. The molecule has 124 valence electrons. The maximum absolute atomic E-state index is 11.9. The molecule has 0 atom stereocenters. The zero-order valence-corrected chi connectivity index (χ0v) is 15.1. The van der Waals surface area contributed by atoms with Crippen LogP contribution in [0.4, 0.5) is 0 Å². The maximum Gasteiger partial charge on any atom is 0.226 e. The van der Waals surface area contributed by atoms with E-state index in [0.29, 0.717) is 10.2 Å². The summed E-state index contributed by atoms with van der Waals surface area (Å²) in [6, 6.07) is 2.90. The van der Waals surface area contributed by atoms with E-state index in [1.54, 1.807) is 20.8 Å². The van der Waals surface area contributed by atoms with Crippen LogP contribution in [0.3, 0.4) is 0 Å². The number of carbonyl (C=O) groups is 1. The third-order valence-electron chi connectivity index (χ3n) is 2.78. The standard InChI is InChI=1S/C16H25BrN2O3/c1-16(2,3)15(20)19-10-18-7-6-11-8-14(22-5)12(17)9-13(11)21-4/h8-9,18H,6-7,10H2,1-5H3,(H,19,20)/i6D2,7D2. The Morgan fingerprint density at radius 1 is 1.27 bits per heavy atom. The molecule has 0 fully saturated rings. The van der Waals surface area contributed by atoms with Crippen molar-refractivity contribution in [2.24, 2.45) is 5.41 Å². The van der Waals surface area contributed by atoms with E-state index in [1.165, 1.54) is 26.4 Å². The molecule has 2 N–H and O–H groups in total. The predicted octanol–water partition coefficient (Wildman–Crippen LogP) is 2.72. The normalized spacial score (nSPS) is 15.2. The van der Waals surface area contributed by atoms with Crippen LogP contribution in [-0.4, -0.2) is 33.3 Å². The van der Waals surface area contributed by atoms with Gasteiger partial charge in [0, 0.05) is 17.4 Å². The average Bonchev–Trinajstić information content (AvgIpc) is 2.52. The van der Waals surface area contributed by atoms with Crippen molar-refractivity contribution in [2.75, 3.05) is 27.4 Å². The van der Waals surface area contributed by atoms with E-state index < -0.39 is 18.3 Å². The van der Waals surface area contributed by atoms with Gasteiger partial charge in [0.1, 0.15) is 11.5 Å². The molecule has 0 aliphatic carbocycles. The number of nitrogens with one attached hydrogen (secondary N) is 2. The Bertz CT molecular complexity index is 664.